The summed E-state index contributed by atoms with van der Waals surface area (Å²) in [5.74, 6) is -3.59. The van der Waals surface area contributed by atoms with Crippen LogP contribution in [0, 0.1) is 17.5 Å². The lowest BCUT2D eigenvalue weighted by Crippen LogP contribution is -2.41. The Bertz CT molecular complexity index is 503. The standard InChI is InChI=1S/C13H15F3N2O2/c14-9-5-11(16)12(6-10(9)15)18-13(20)17-7-1-3-8(19)4-2-7/h5-8,19H,1-4H2,(H2,17,18,20). The Labute approximate surface area is 114 Å². The van der Waals surface area contributed by atoms with E-state index in [-0.39, 0.29) is 12.1 Å². The quantitative estimate of drug-likeness (QED) is 0.732. The van der Waals surface area contributed by atoms with Crippen molar-refractivity contribution in [2.24, 2.45) is 0 Å². The molecule has 0 heterocycles. The lowest BCUT2D eigenvalue weighted by molar-refractivity contribution is 0.118. The molecule has 1 fully saturated rings. The van der Waals surface area contributed by atoms with Crippen molar-refractivity contribution in [1.29, 1.82) is 0 Å². The number of aliphatic hydroxyl groups excluding tert-OH is 1. The molecule has 0 aliphatic heterocycles. The number of nitrogens with one attached hydrogen (secondary N) is 2. The number of benzene rings is 1. The van der Waals surface area contributed by atoms with Gasteiger partial charge in [0.15, 0.2) is 11.6 Å². The lowest BCUT2D eigenvalue weighted by Gasteiger charge is -2.26. The molecule has 2 amide bonds. The topological polar surface area (TPSA) is 61.4 Å². The largest absolute Gasteiger partial charge is 0.393 e. The van der Waals surface area contributed by atoms with Gasteiger partial charge in [0.05, 0.1) is 11.8 Å². The normalized spacial score (nSPS) is 22.4. The number of hydrogen-bond acceptors (Lipinski definition) is 2. The molecule has 3 N–H and O–H groups in total. The number of carbonyl (C=O) groups is 1. The molecule has 1 aromatic rings. The number of hydrogen-bond donors (Lipinski definition) is 3. The summed E-state index contributed by atoms with van der Waals surface area (Å²) in [5.41, 5.74) is -0.419. The summed E-state index contributed by atoms with van der Waals surface area (Å²) in [5, 5.41) is 14.1. The molecule has 4 nitrogen and oxygen atoms in total. The van der Waals surface area contributed by atoms with Gasteiger partial charge in [-0.05, 0) is 25.7 Å². The van der Waals surface area contributed by atoms with E-state index in [1.165, 1.54) is 0 Å². The molecule has 1 aromatic carbocycles. The maximum Gasteiger partial charge on any atom is 0.319 e. The fraction of sp³-hybridized carbons (Fsp3) is 0.462. The van der Waals surface area contributed by atoms with Crippen LogP contribution in [0.1, 0.15) is 25.7 Å². The van der Waals surface area contributed by atoms with Crippen LogP contribution in [-0.4, -0.2) is 23.3 Å². The van der Waals surface area contributed by atoms with E-state index in [0.717, 1.165) is 0 Å². The van der Waals surface area contributed by atoms with Crippen LogP contribution < -0.4 is 10.6 Å². The molecule has 1 aliphatic rings. The van der Waals surface area contributed by atoms with E-state index >= 15 is 0 Å². The first-order chi connectivity index (χ1) is 9.45. The molecule has 0 aromatic heterocycles. The second-order valence-electron chi connectivity index (χ2n) is 4.85. The third-order valence-electron chi connectivity index (χ3n) is 3.29. The van der Waals surface area contributed by atoms with E-state index < -0.39 is 29.2 Å². The number of urea groups is 1. The Morgan fingerprint density at radius 1 is 1.05 bits per heavy atom. The number of anilines is 1. The predicted molar refractivity (Wildman–Crippen MR) is 66.7 cm³/mol. The average molecular weight is 288 g/mol. The number of amides is 2. The number of halogens is 3. The zero-order valence-electron chi connectivity index (χ0n) is 10.6. The zero-order valence-corrected chi connectivity index (χ0v) is 10.6. The van der Waals surface area contributed by atoms with Crippen LogP contribution in [0.5, 0.6) is 0 Å². The van der Waals surface area contributed by atoms with Gasteiger partial charge in [-0.25, -0.2) is 18.0 Å². The second-order valence-corrected chi connectivity index (χ2v) is 4.85. The zero-order chi connectivity index (χ0) is 14.7. The minimum Gasteiger partial charge on any atom is -0.393 e. The van der Waals surface area contributed by atoms with Gasteiger partial charge in [0.25, 0.3) is 0 Å². The molecule has 20 heavy (non-hydrogen) atoms. The Kier molecular flexibility index (Phi) is 4.49. The van der Waals surface area contributed by atoms with Crippen LogP contribution in [-0.2, 0) is 0 Å². The van der Waals surface area contributed by atoms with Gasteiger partial charge in [-0.1, -0.05) is 0 Å². The van der Waals surface area contributed by atoms with Gasteiger partial charge in [0, 0.05) is 18.2 Å². The third kappa shape index (κ3) is 3.63. The van der Waals surface area contributed by atoms with Gasteiger partial charge in [-0.15, -0.1) is 0 Å². The molecule has 0 spiro atoms. The summed E-state index contributed by atoms with van der Waals surface area (Å²) in [6.07, 6.45) is 2.07. The monoisotopic (exact) mass is 288 g/mol. The molecule has 1 saturated carbocycles. The van der Waals surface area contributed by atoms with E-state index in [9.17, 15) is 23.1 Å². The highest BCUT2D eigenvalue weighted by molar-refractivity contribution is 5.89. The van der Waals surface area contributed by atoms with Crippen molar-refractivity contribution in [2.45, 2.75) is 37.8 Å². The Balaban J connectivity index is 1.93. The van der Waals surface area contributed by atoms with E-state index in [4.69, 9.17) is 0 Å². The van der Waals surface area contributed by atoms with E-state index in [1.54, 1.807) is 0 Å². The highest BCUT2D eigenvalue weighted by Crippen LogP contribution is 2.20. The Morgan fingerprint density at radius 2 is 1.65 bits per heavy atom. The number of aliphatic hydroxyl groups is 1. The van der Waals surface area contributed by atoms with Crippen molar-refractivity contribution in [1.82, 2.24) is 5.32 Å². The minimum absolute atomic E-state index is 0.119. The lowest BCUT2D eigenvalue weighted by atomic mass is 9.93. The van der Waals surface area contributed by atoms with E-state index in [0.29, 0.717) is 37.8 Å². The SMILES string of the molecule is O=C(Nc1cc(F)c(F)cc1F)NC1CCC(O)CC1. The molecule has 0 bridgehead atoms. The molecule has 0 saturated heterocycles. The molecule has 0 atom stereocenters. The van der Waals surface area contributed by atoms with E-state index in [1.807, 2.05) is 0 Å². The van der Waals surface area contributed by atoms with Gasteiger partial charge in [0.1, 0.15) is 5.82 Å². The number of carbonyl (C=O) groups excluding carboxylic acids is 1. The van der Waals surface area contributed by atoms with Gasteiger partial charge >= 0.3 is 6.03 Å². The summed E-state index contributed by atoms with van der Waals surface area (Å²) >= 11 is 0. The van der Waals surface area contributed by atoms with Gasteiger partial charge < -0.3 is 15.7 Å². The first-order valence-electron chi connectivity index (χ1n) is 6.36. The highest BCUT2D eigenvalue weighted by Gasteiger charge is 2.21. The summed E-state index contributed by atoms with van der Waals surface area (Å²) in [4.78, 5) is 11.6. The van der Waals surface area contributed by atoms with Crippen molar-refractivity contribution in [3.05, 3.63) is 29.6 Å². The first kappa shape index (κ1) is 14.6. The van der Waals surface area contributed by atoms with Crippen molar-refractivity contribution >= 4 is 11.7 Å². The second kappa shape index (κ2) is 6.13. The summed E-state index contributed by atoms with van der Waals surface area (Å²) in [6.45, 7) is 0. The summed E-state index contributed by atoms with van der Waals surface area (Å²) in [7, 11) is 0. The van der Waals surface area contributed by atoms with Crippen molar-refractivity contribution in [2.75, 3.05) is 5.32 Å². The average Bonchev–Trinajstić information content (AvgIpc) is 2.39. The molecule has 1 aliphatic carbocycles. The van der Waals surface area contributed by atoms with Crippen LogP contribution >= 0.6 is 0 Å². The van der Waals surface area contributed by atoms with Crippen LogP contribution in [0.25, 0.3) is 0 Å². The fourth-order valence-electron chi connectivity index (χ4n) is 2.18. The number of rotatable bonds is 2. The molecule has 2 rings (SSSR count). The van der Waals surface area contributed by atoms with Gasteiger partial charge in [0.2, 0.25) is 0 Å². The fourth-order valence-corrected chi connectivity index (χ4v) is 2.18. The van der Waals surface area contributed by atoms with Crippen molar-refractivity contribution < 1.29 is 23.1 Å². The molecular weight excluding hydrogens is 273 g/mol. The van der Waals surface area contributed by atoms with Gasteiger partial charge in [-0.2, -0.15) is 0 Å². The maximum atomic E-state index is 13.3. The molecular formula is C13H15F3N2O2. The molecule has 0 radical (unpaired) electrons. The maximum absolute atomic E-state index is 13.3. The minimum atomic E-state index is -1.31. The van der Waals surface area contributed by atoms with E-state index in [2.05, 4.69) is 10.6 Å². The van der Waals surface area contributed by atoms with Crippen LogP contribution in [0.15, 0.2) is 12.1 Å². The van der Waals surface area contributed by atoms with Crippen molar-refractivity contribution in [3.8, 4) is 0 Å². The molecule has 7 heteroatoms. The highest BCUT2D eigenvalue weighted by atomic mass is 19.2. The van der Waals surface area contributed by atoms with Gasteiger partial charge in [-0.3, -0.25) is 0 Å². The first-order valence-corrected chi connectivity index (χ1v) is 6.36. The van der Waals surface area contributed by atoms with Crippen LogP contribution in [0.2, 0.25) is 0 Å². The van der Waals surface area contributed by atoms with Crippen molar-refractivity contribution in [3.63, 3.8) is 0 Å². The Morgan fingerprint density at radius 3 is 2.30 bits per heavy atom. The smallest absolute Gasteiger partial charge is 0.319 e. The predicted octanol–water partition coefficient (Wildman–Crippen LogP) is 2.53. The Hall–Kier alpha value is -1.76. The summed E-state index contributed by atoms with van der Waals surface area (Å²) in [6, 6.07) is 0.166. The molecule has 0 unspecified atom stereocenters. The van der Waals surface area contributed by atoms with Crippen LogP contribution in [0.3, 0.4) is 0 Å². The molecule has 110 valence electrons. The third-order valence-corrected chi connectivity index (χ3v) is 3.29. The van der Waals surface area contributed by atoms with Crippen LogP contribution in [0.4, 0.5) is 23.7 Å². The summed E-state index contributed by atoms with van der Waals surface area (Å²) < 4.78 is 39.0.